The minimum Gasteiger partial charge on any atom is -0.382 e. The Morgan fingerprint density at radius 1 is 0.857 bits per heavy atom. The van der Waals surface area contributed by atoms with E-state index < -0.39 is 0 Å². The summed E-state index contributed by atoms with van der Waals surface area (Å²) in [5, 5.41) is 7.91. The molecule has 0 bridgehead atoms. The predicted octanol–water partition coefficient (Wildman–Crippen LogP) is -1.58. The summed E-state index contributed by atoms with van der Waals surface area (Å²) >= 11 is 0. The van der Waals surface area contributed by atoms with E-state index in [1.165, 1.54) is 22.1 Å². The van der Waals surface area contributed by atoms with Crippen molar-refractivity contribution < 1.29 is 0 Å². The van der Waals surface area contributed by atoms with Crippen molar-refractivity contribution in [2.24, 2.45) is 0 Å². The second-order valence-electron chi connectivity index (χ2n) is 4.14. The molecule has 0 saturated heterocycles. The fraction of sp³-hybridized carbons (Fsp3) is 0. The largest absolute Gasteiger partial charge is 0.382 e. The number of nitrogen functional groups attached to an aromatic ring is 3. The first kappa shape index (κ1) is 11.3. The lowest BCUT2D eigenvalue weighted by Gasteiger charge is -2.03. The van der Waals surface area contributed by atoms with Crippen molar-refractivity contribution in [2.45, 2.75) is 0 Å². The van der Waals surface area contributed by atoms with Crippen LogP contribution in [-0.4, -0.2) is 44.7 Å². The first-order valence-electron chi connectivity index (χ1n) is 5.73. The van der Waals surface area contributed by atoms with Crippen LogP contribution in [0.15, 0.2) is 12.7 Å². The monoisotopic (exact) mass is 284 g/mol. The molecule has 0 unspecified atom stereocenters. The van der Waals surface area contributed by atoms with Crippen molar-refractivity contribution in [1.29, 1.82) is 0 Å². The minimum atomic E-state index is 0.0281. The van der Waals surface area contributed by atoms with Gasteiger partial charge in [-0.25, -0.2) is 15.0 Å². The Hall–Kier alpha value is -3.57. The van der Waals surface area contributed by atoms with E-state index in [1.54, 1.807) is 0 Å². The zero-order valence-corrected chi connectivity index (χ0v) is 10.4. The molecule has 12 nitrogen and oxygen atoms in total. The van der Waals surface area contributed by atoms with Gasteiger partial charge in [0.2, 0.25) is 11.6 Å². The van der Waals surface area contributed by atoms with Gasteiger partial charge in [-0.15, -0.1) is 9.89 Å². The Morgan fingerprint density at radius 3 is 2.57 bits per heavy atom. The third kappa shape index (κ3) is 1.46. The van der Waals surface area contributed by atoms with E-state index in [0.717, 1.165) is 0 Å². The van der Waals surface area contributed by atoms with Gasteiger partial charge in [-0.05, 0) is 5.21 Å². The van der Waals surface area contributed by atoms with Gasteiger partial charge >= 0.3 is 0 Å². The van der Waals surface area contributed by atoms with E-state index in [4.69, 9.17) is 17.2 Å². The fourth-order valence-corrected chi connectivity index (χ4v) is 1.97. The Kier molecular flexibility index (Phi) is 2.00. The minimum absolute atomic E-state index is 0.0281. The molecule has 4 heterocycles. The molecule has 4 aromatic rings. The second kappa shape index (κ2) is 3.72. The normalized spacial score (nSPS) is 11.4. The predicted molar refractivity (Wildman–Crippen MR) is 72.5 cm³/mol. The van der Waals surface area contributed by atoms with E-state index in [0.29, 0.717) is 22.3 Å². The van der Waals surface area contributed by atoms with Gasteiger partial charge < -0.3 is 17.2 Å². The standard InChI is InChI=1S/C9H8N12/c10-5-4-7(14-1-13-5)21(19-18-4)20-2-15-3-6(11)16-9(12)17-8(3)20/h1-2H,(H2,10,13,14)(H4,11,12,16,17). The molecule has 6 N–H and O–H groups in total. The quantitative estimate of drug-likeness (QED) is 0.369. The summed E-state index contributed by atoms with van der Waals surface area (Å²) in [5.41, 5.74) is 18.6. The van der Waals surface area contributed by atoms with Crippen LogP contribution in [0, 0.1) is 0 Å². The van der Waals surface area contributed by atoms with Crippen molar-refractivity contribution in [3.05, 3.63) is 12.7 Å². The molecule has 0 radical (unpaired) electrons. The van der Waals surface area contributed by atoms with Gasteiger partial charge in [0.15, 0.2) is 28.3 Å². The van der Waals surface area contributed by atoms with Crippen molar-refractivity contribution in [1.82, 2.24) is 44.7 Å². The summed E-state index contributed by atoms with van der Waals surface area (Å²) in [6.45, 7) is 0. The fourth-order valence-electron chi connectivity index (χ4n) is 1.97. The van der Waals surface area contributed by atoms with Gasteiger partial charge in [0.25, 0.3) is 0 Å². The van der Waals surface area contributed by atoms with Gasteiger partial charge in [0.1, 0.15) is 12.7 Å². The van der Waals surface area contributed by atoms with Crippen molar-refractivity contribution in [3.63, 3.8) is 0 Å². The number of fused-ring (bicyclic) bond motifs is 2. The molecule has 4 rings (SSSR count). The Labute approximate surface area is 115 Å². The lowest BCUT2D eigenvalue weighted by molar-refractivity contribution is 0.575. The maximum absolute atomic E-state index is 5.76. The third-order valence-corrected chi connectivity index (χ3v) is 2.88. The van der Waals surface area contributed by atoms with E-state index >= 15 is 0 Å². The van der Waals surface area contributed by atoms with Gasteiger partial charge in [0.05, 0.1) is 0 Å². The van der Waals surface area contributed by atoms with E-state index in [9.17, 15) is 0 Å². The molecular weight excluding hydrogens is 276 g/mol. The zero-order valence-electron chi connectivity index (χ0n) is 10.4. The number of hydrogen-bond donors (Lipinski definition) is 3. The molecule has 0 aliphatic heterocycles. The molecule has 0 atom stereocenters. The number of aromatic nitrogens is 9. The number of nitrogens with two attached hydrogens (primary N) is 3. The highest BCUT2D eigenvalue weighted by Gasteiger charge is 2.16. The van der Waals surface area contributed by atoms with Gasteiger partial charge in [-0.2, -0.15) is 14.6 Å². The lowest BCUT2D eigenvalue weighted by Crippen LogP contribution is -2.12. The van der Waals surface area contributed by atoms with Crippen LogP contribution in [0.5, 0.6) is 0 Å². The van der Waals surface area contributed by atoms with Crippen molar-refractivity contribution in [3.8, 4) is 0 Å². The first-order valence-corrected chi connectivity index (χ1v) is 5.73. The molecule has 0 aliphatic carbocycles. The summed E-state index contributed by atoms with van der Waals surface area (Å²) in [6.07, 6.45) is 2.77. The summed E-state index contributed by atoms with van der Waals surface area (Å²) in [7, 11) is 0. The second-order valence-corrected chi connectivity index (χ2v) is 4.14. The van der Waals surface area contributed by atoms with Crippen molar-refractivity contribution >= 4 is 39.9 Å². The molecule has 104 valence electrons. The van der Waals surface area contributed by atoms with E-state index in [-0.39, 0.29) is 17.6 Å². The number of anilines is 3. The highest BCUT2D eigenvalue weighted by Crippen LogP contribution is 2.19. The average Bonchev–Trinajstić information content (AvgIpc) is 3.03. The van der Waals surface area contributed by atoms with Crippen LogP contribution in [0.1, 0.15) is 0 Å². The highest BCUT2D eigenvalue weighted by atomic mass is 15.7. The topological polar surface area (TPSA) is 178 Å². The third-order valence-electron chi connectivity index (χ3n) is 2.88. The molecule has 0 aromatic carbocycles. The van der Waals surface area contributed by atoms with Crippen molar-refractivity contribution in [2.75, 3.05) is 17.2 Å². The van der Waals surface area contributed by atoms with Gasteiger partial charge in [0, 0.05) is 0 Å². The molecule has 4 aromatic heterocycles. The first-order chi connectivity index (χ1) is 10.1. The number of rotatable bonds is 1. The Morgan fingerprint density at radius 2 is 1.71 bits per heavy atom. The molecule has 21 heavy (non-hydrogen) atoms. The molecule has 0 fully saturated rings. The molecule has 0 aliphatic rings. The SMILES string of the molecule is Nc1nc(N)c2ncn(-n3nnc4c(N)ncnc43)c2n1. The maximum atomic E-state index is 5.76. The summed E-state index contributed by atoms with van der Waals surface area (Å²) in [4.78, 5) is 21.4. The smallest absolute Gasteiger partial charge is 0.224 e. The number of imidazole rings is 1. The maximum Gasteiger partial charge on any atom is 0.224 e. The Balaban J connectivity index is 2.07. The van der Waals surface area contributed by atoms with Crippen LogP contribution in [0.25, 0.3) is 22.3 Å². The Bertz CT molecular complexity index is 981. The summed E-state index contributed by atoms with van der Waals surface area (Å²) < 4.78 is 1.49. The highest BCUT2D eigenvalue weighted by molar-refractivity contribution is 5.84. The summed E-state index contributed by atoms with van der Waals surface area (Å²) in [6, 6.07) is 0. The molecule has 0 amide bonds. The van der Waals surface area contributed by atoms with E-state index in [1.807, 2.05) is 0 Å². The van der Waals surface area contributed by atoms with Crippen LogP contribution in [0.3, 0.4) is 0 Å². The molecule has 12 heteroatoms. The molecular formula is C9H8N12. The van der Waals surface area contributed by atoms with Crippen LogP contribution in [-0.2, 0) is 0 Å². The zero-order chi connectivity index (χ0) is 14.6. The van der Waals surface area contributed by atoms with Crippen LogP contribution >= 0.6 is 0 Å². The van der Waals surface area contributed by atoms with Crippen LogP contribution in [0.2, 0.25) is 0 Å². The van der Waals surface area contributed by atoms with Crippen LogP contribution in [0.4, 0.5) is 17.6 Å². The molecule has 0 saturated carbocycles. The van der Waals surface area contributed by atoms with Crippen LogP contribution < -0.4 is 17.2 Å². The number of nitrogens with zero attached hydrogens (tertiary/aromatic N) is 9. The van der Waals surface area contributed by atoms with E-state index in [2.05, 4.69) is 35.2 Å². The summed E-state index contributed by atoms with van der Waals surface area (Å²) in [5.74, 6) is 0.430. The molecule has 0 spiro atoms. The average molecular weight is 284 g/mol. The van der Waals surface area contributed by atoms with Gasteiger partial charge in [-0.3, -0.25) is 0 Å². The lowest BCUT2D eigenvalue weighted by atomic mass is 10.5. The number of hydrogen-bond acceptors (Lipinski definition) is 10. The van der Waals surface area contributed by atoms with Gasteiger partial charge in [-0.1, -0.05) is 0 Å².